The van der Waals surface area contributed by atoms with Crippen LogP contribution in [-0.2, 0) is 9.47 Å². The Hall–Kier alpha value is -0.810. The van der Waals surface area contributed by atoms with Crippen molar-refractivity contribution in [2.24, 2.45) is 5.92 Å². The van der Waals surface area contributed by atoms with Gasteiger partial charge in [0.1, 0.15) is 5.60 Å². The summed E-state index contributed by atoms with van der Waals surface area (Å²) in [4.78, 5) is 16.3. The van der Waals surface area contributed by atoms with Gasteiger partial charge in [-0.15, -0.1) is 0 Å². The predicted octanol–water partition coefficient (Wildman–Crippen LogP) is 1.97. The third-order valence-corrected chi connectivity index (χ3v) is 3.88. The van der Waals surface area contributed by atoms with E-state index in [2.05, 4.69) is 4.90 Å². The summed E-state index contributed by atoms with van der Waals surface area (Å²) < 4.78 is 10.8. The van der Waals surface area contributed by atoms with Gasteiger partial charge in [-0.3, -0.25) is 4.90 Å². The molecule has 2 rings (SSSR count). The number of ether oxygens (including phenoxy) is 2. The van der Waals surface area contributed by atoms with Crippen LogP contribution in [-0.4, -0.2) is 67.4 Å². The second-order valence-electron chi connectivity index (χ2n) is 6.82. The van der Waals surface area contributed by atoms with E-state index in [1.807, 2.05) is 25.7 Å². The first-order valence-electron chi connectivity index (χ1n) is 7.72. The Bertz CT molecular complexity index is 314. The third kappa shape index (κ3) is 4.94. The Labute approximate surface area is 122 Å². The van der Waals surface area contributed by atoms with Crippen molar-refractivity contribution >= 4 is 6.09 Å². The summed E-state index contributed by atoms with van der Waals surface area (Å²) in [5.74, 6) is 0.761. The number of carbonyl (C=O) groups is 1. The predicted molar refractivity (Wildman–Crippen MR) is 77.8 cm³/mol. The van der Waals surface area contributed by atoms with E-state index in [9.17, 15) is 4.79 Å². The molecule has 0 bridgehead atoms. The lowest BCUT2D eigenvalue weighted by Gasteiger charge is -2.37. The summed E-state index contributed by atoms with van der Waals surface area (Å²) in [5.41, 5.74) is -0.406. The summed E-state index contributed by atoms with van der Waals surface area (Å²) in [7, 11) is 0. The van der Waals surface area contributed by atoms with Gasteiger partial charge in [0, 0.05) is 45.9 Å². The van der Waals surface area contributed by atoms with Gasteiger partial charge in [0.05, 0.1) is 0 Å². The maximum absolute atomic E-state index is 12.0. The normalized spacial score (nSPS) is 22.9. The maximum Gasteiger partial charge on any atom is 0.410 e. The number of amides is 1. The minimum Gasteiger partial charge on any atom is -0.444 e. The molecule has 2 aliphatic heterocycles. The van der Waals surface area contributed by atoms with Gasteiger partial charge < -0.3 is 14.4 Å². The summed E-state index contributed by atoms with van der Waals surface area (Å²) >= 11 is 0. The van der Waals surface area contributed by atoms with E-state index < -0.39 is 5.60 Å². The molecule has 116 valence electrons. The standard InChI is InChI=1S/C15H28N2O3/c1-15(2,3)20-14(18)17-8-6-16(7-9-17)12-13-4-10-19-11-5-13/h13H,4-12H2,1-3H3. The zero-order valence-corrected chi connectivity index (χ0v) is 13.1. The van der Waals surface area contributed by atoms with Crippen molar-refractivity contribution in [3.63, 3.8) is 0 Å². The van der Waals surface area contributed by atoms with Crippen molar-refractivity contribution in [3.8, 4) is 0 Å². The topological polar surface area (TPSA) is 42.0 Å². The summed E-state index contributed by atoms with van der Waals surface area (Å²) in [6.45, 7) is 12.1. The largest absolute Gasteiger partial charge is 0.444 e. The number of piperazine rings is 1. The smallest absolute Gasteiger partial charge is 0.410 e. The van der Waals surface area contributed by atoms with E-state index >= 15 is 0 Å². The van der Waals surface area contributed by atoms with Crippen LogP contribution < -0.4 is 0 Å². The van der Waals surface area contributed by atoms with Gasteiger partial charge in [0.25, 0.3) is 0 Å². The number of nitrogens with zero attached hydrogens (tertiary/aromatic N) is 2. The minimum absolute atomic E-state index is 0.178. The molecule has 2 fully saturated rings. The summed E-state index contributed by atoms with van der Waals surface area (Å²) in [6, 6.07) is 0. The van der Waals surface area contributed by atoms with Gasteiger partial charge in [0.2, 0.25) is 0 Å². The average molecular weight is 284 g/mol. The first kappa shape index (κ1) is 15.6. The molecule has 0 aliphatic carbocycles. The second kappa shape index (κ2) is 6.76. The molecule has 5 nitrogen and oxygen atoms in total. The Kier molecular flexibility index (Phi) is 5.27. The van der Waals surface area contributed by atoms with Crippen molar-refractivity contribution < 1.29 is 14.3 Å². The highest BCUT2D eigenvalue weighted by Crippen LogP contribution is 2.18. The van der Waals surface area contributed by atoms with Gasteiger partial charge in [-0.2, -0.15) is 0 Å². The van der Waals surface area contributed by atoms with Crippen LogP contribution in [0.1, 0.15) is 33.6 Å². The molecule has 2 aliphatic rings. The molecule has 0 spiro atoms. The van der Waals surface area contributed by atoms with Crippen LogP contribution in [0, 0.1) is 5.92 Å². The van der Waals surface area contributed by atoms with Crippen LogP contribution in [0.15, 0.2) is 0 Å². The highest BCUT2D eigenvalue weighted by Gasteiger charge is 2.27. The fourth-order valence-corrected chi connectivity index (χ4v) is 2.73. The van der Waals surface area contributed by atoms with E-state index in [0.29, 0.717) is 0 Å². The summed E-state index contributed by atoms with van der Waals surface area (Å²) in [6.07, 6.45) is 2.17. The number of carbonyl (C=O) groups excluding carboxylic acids is 1. The van der Waals surface area contributed by atoms with Gasteiger partial charge >= 0.3 is 6.09 Å². The minimum atomic E-state index is -0.406. The van der Waals surface area contributed by atoms with Gasteiger partial charge in [-0.1, -0.05) is 0 Å². The molecular weight excluding hydrogens is 256 g/mol. The molecule has 0 aromatic rings. The molecule has 0 atom stereocenters. The van der Waals surface area contributed by atoms with Crippen molar-refractivity contribution in [3.05, 3.63) is 0 Å². The first-order chi connectivity index (χ1) is 9.44. The lowest BCUT2D eigenvalue weighted by Crippen LogP contribution is -2.51. The molecule has 2 saturated heterocycles. The lowest BCUT2D eigenvalue weighted by atomic mass is 9.99. The quantitative estimate of drug-likeness (QED) is 0.777. The Morgan fingerprint density at radius 2 is 1.75 bits per heavy atom. The molecule has 5 heteroatoms. The molecule has 0 unspecified atom stereocenters. The van der Waals surface area contributed by atoms with Crippen LogP contribution in [0.4, 0.5) is 4.79 Å². The zero-order valence-electron chi connectivity index (χ0n) is 13.1. The van der Waals surface area contributed by atoms with E-state index in [1.165, 1.54) is 12.8 Å². The number of hydrogen-bond donors (Lipinski definition) is 0. The fourth-order valence-electron chi connectivity index (χ4n) is 2.73. The van der Waals surface area contributed by atoms with Crippen molar-refractivity contribution in [1.29, 1.82) is 0 Å². The Morgan fingerprint density at radius 1 is 1.15 bits per heavy atom. The highest BCUT2D eigenvalue weighted by atomic mass is 16.6. The van der Waals surface area contributed by atoms with Crippen molar-refractivity contribution in [2.45, 2.75) is 39.2 Å². The monoisotopic (exact) mass is 284 g/mol. The highest BCUT2D eigenvalue weighted by molar-refractivity contribution is 5.68. The fraction of sp³-hybridized carbons (Fsp3) is 0.933. The molecular formula is C15H28N2O3. The van der Waals surface area contributed by atoms with E-state index in [4.69, 9.17) is 9.47 Å². The Balaban J connectivity index is 1.70. The molecule has 0 radical (unpaired) electrons. The molecule has 20 heavy (non-hydrogen) atoms. The van der Waals surface area contributed by atoms with Crippen LogP contribution in [0.3, 0.4) is 0 Å². The van der Waals surface area contributed by atoms with E-state index in [0.717, 1.165) is 51.9 Å². The average Bonchev–Trinajstić information content (AvgIpc) is 2.39. The van der Waals surface area contributed by atoms with Gasteiger partial charge in [-0.05, 0) is 39.5 Å². The molecule has 1 amide bonds. The third-order valence-electron chi connectivity index (χ3n) is 3.88. The van der Waals surface area contributed by atoms with Gasteiger partial charge in [0.15, 0.2) is 0 Å². The molecule has 2 heterocycles. The lowest BCUT2D eigenvalue weighted by molar-refractivity contribution is 0.00913. The SMILES string of the molecule is CC(C)(C)OC(=O)N1CCN(CC2CCOCC2)CC1. The van der Waals surface area contributed by atoms with E-state index in [1.54, 1.807) is 0 Å². The number of rotatable bonds is 2. The maximum atomic E-state index is 12.0. The molecule has 0 saturated carbocycles. The van der Waals surface area contributed by atoms with Crippen molar-refractivity contribution in [2.75, 3.05) is 45.9 Å². The van der Waals surface area contributed by atoms with Crippen molar-refractivity contribution in [1.82, 2.24) is 9.80 Å². The van der Waals surface area contributed by atoms with Crippen LogP contribution >= 0.6 is 0 Å². The van der Waals surface area contributed by atoms with Gasteiger partial charge in [-0.25, -0.2) is 4.79 Å². The molecule has 0 aromatic carbocycles. The Morgan fingerprint density at radius 3 is 2.30 bits per heavy atom. The van der Waals surface area contributed by atoms with Crippen LogP contribution in [0.5, 0.6) is 0 Å². The summed E-state index contributed by atoms with van der Waals surface area (Å²) in [5, 5.41) is 0. The number of hydrogen-bond acceptors (Lipinski definition) is 4. The van der Waals surface area contributed by atoms with E-state index in [-0.39, 0.29) is 6.09 Å². The van der Waals surface area contributed by atoms with Crippen LogP contribution in [0.2, 0.25) is 0 Å². The molecule has 0 N–H and O–H groups in total. The second-order valence-corrected chi connectivity index (χ2v) is 6.82. The first-order valence-corrected chi connectivity index (χ1v) is 7.72. The van der Waals surface area contributed by atoms with Crippen LogP contribution in [0.25, 0.3) is 0 Å². The zero-order chi connectivity index (χ0) is 14.6. The molecule has 0 aromatic heterocycles.